The number of carbonyl (C=O) groups excluding carboxylic acids is 2. The van der Waals surface area contributed by atoms with Gasteiger partial charge in [-0.25, -0.2) is 0 Å². The minimum absolute atomic E-state index is 0.0279. The van der Waals surface area contributed by atoms with Gasteiger partial charge in [0.25, 0.3) is 0 Å². The Morgan fingerprint density at radius 3 is 2.76 bits per heavy atom. The van der Waals surface area contributed by atoms with Gasteiger partial charge in [-0.3, -0.25) is 9.59 Å². The highest BCUT2D eigenvalue weighted by atomic mass is 16.2. The van der Waals surface area contributed by atoms with Gasteiger partial charge in [-0.15, -0.1) is 0 Å². The van der Waals surface area contributed by atoms with Crippen molar-refractivity contribution in [2.24, 2.45) is 0 Å². The number of carbonyl (C=O) groups is 2. The molecule has 0 saturated carbocycles. The number of rotatable bonds is 5. The van der Waals surface area contributed by atoms with Crippen molar-refractivity contribution in [1.29, 1.82) is 0 Å². The zero-order valence-corrected chi connectivity index (χ0v) is 13.1. The maximum atomic E-state index is 12.4. The van der Waals surface area contributed by atoms with Crippen molar-refractivity contribution >= 4 is 17.4 Å². The summed E-state index contributed by atoms with van der Waals surface area (Å²) < 4.78 is 0. The number of amides is 1. The molecule has 2 unspecified atom stereocenters. The van der Waals surface area contributed by atoms with Crippen molar-refractivity contribution in [2.45, 2.75) is 52.1 Å². The summed E-state index contributed by atoms with van der Waals surface area (Å²) in [6, 6.07) is 7.47. The van der Waals surface area contributed by atoms with E-state index in [1.54, 1.807) is 0 Å². The van der Waals surface area contributed by atoms with Crippen molar-refractivity contribution < 1.29 is 9.59 Å². The topological polar surface area (TPSA) is 49.4 Å². The largest absolute Gasteiger partial charge is 0.359 e. The van der Waals surface area contributed by atoms with Crippen molar-refractivity contribution in [2.75, 3.05) is 11.4 Å². The number of ketones is 1. The van der Waals surface area contributed by atoms with Gasteiger partial charge in [0.1, 0.15) is 6.04 Å². The standard InChI is InChI=1S/C17H24N2O2/c1-4-7-12(2)18-17(21)13(3)19-11-10-16(20)14-8-5-6-9-15(14)19/h5-6,8-9,12-13H,4,7,10-11H2,1-3H3,(H,18,21). The molecule has 21 heavy (non-hydrogen) atoms. The number of nitrogens with one attached hydrogen (secondary N) is 1. The molecule has 0 radical (unpaired) electrons. The second kappa shape index (κ2) is 6.74. The number of para-hydroxylation sites is 1. The lowest BCUT2D eigenvalue weighted by molar-refractivity contribution is -0.122. The molecule has 4 heteroatoms. The van der Waals surface area contributed by atoms with Gasteiger partial charge in [-0.1, -0.05) is 25.5 Å². The molecule has 1 amide bonds. The van der Waals surface area contributed by atoms with Crippen LogP contribution < -0.4 is 10.2 Å². The Morgan fingerprint density at radius 1 is 1.33 bits per heavy atom. The molecule has 1 aromatic carbocycles. The summed E-state index contributed by atoms with van der Waals surface area (Å²) in [6.45, 7) is 6.65. The Bertz CT molecular complexity index is 527. The fourth-order valence-electron chi connectivity index (χ4n) is 2.85. The van der Waals surface area contributed by atoms with Crippen molar-refractivity contribution in [3.63, 3.8) is 0 Å². The summed E-state index contributed by atoms with van der Waals surface area (Å²) in [5.41, 5.74) is 1.60. The van der Waals surface area contributed by atoms with Crippen LogP contribution >= 0.6 is 0 Å². The van der Waals surface area contributed by atoms with Gasteiger partial charge in [-0.05, 0) is 32.4 Å². The fourth-order valence-corrected chi connectivity index (χ4v) is 2.85. The number of Topliss-reactive ketones (excluding diaryl/α,β-unsaturated/α-hetero) is 1. The minimum Gasteiger partial charge on any atom is -0.359 e. The Labute approximate surface area is 126 Å². The molecule has 2 rings (SSSR count). The number of benzene rings is 1. The lowest BCUT2D eigenvalue weighted by Gasteiger charge is -2.35. The zero-order chi connectivity index (χ0) is 15.4. The number of nitrogens with zero attached hydrogens (tertiary/aromatic N) is 1. The smallest absolute Gasteiger partial charge is 0.242 e. The van der Waals surface area contributed by atoms with E-state index < -0.39 is 0 Å². The molecule has 0 bridgehead atoms. The first-order chi connectivity index (χ1) is 10.0. The van der Waals surface area contributed by atoms with E-state index >= 15 is 0 Å². The van der Waals surface area contributed by atoms with Crippen LogP contribution in [0.25, 0.3) is 0 Å². The molecule has 1 heterocycles. The fraction of sp³-hybridized carbons (Fsp3) is 0.529. The monoisotopic (exact) mass is 288 g/mol. The van der Waals surface area contributed by atoms with Crippen LogP contribution in [-0.2, 0) is 4.79 Å². The van der Waals surface area contributed by atoms with Crippen LogP contribution in [-0.4, -0.2) is 30.3 Å². The molecule has 4 nitrogen and oxygen atoms in total. The van der Waals surface area contributed by atoms with Crippen molar-refractivity contribution in [1.82, 2.24) is 5.32 Å². The quantitative estimate of drug-likeness (QED) is 0.906. The van der Waals surface area contributed by atoms with E-state index in [0.717, 1.165) is 24.1 Å². The highest BCUT2D eigenvalue weighted by Gasteiger charge is 2.29. The predicted octanol–water partition coefficient (Wildman–Crippen LogP) is 2.77. The van der Waals surface area contributed by atoms with Gasteiger partial charge >= 0.3 is 0 Å². The first-order valence-electron chi connectivity index (χ1n) is 7.73. The summed E-state index contributed by atoms with van der Waals surface area (Å²) in [5, 5.41) is 3.05. The highest BCUT2D eigenvalue weighted by molar-refractivity contribution is 6.04. The van der Waals surface area contributed by atoms with Gasteiger partial charge in [0.15, 0.2) is 5.78 Å². The summed E-state index contributed by atoms with van der Waals surface area (Å²) in [5.74, 6) is 0.189. The van der Waals surface area contributed by atoms with E-state index in [2.05, 4.69) is 12.2 Å². The SMILES string of the molecule is CCCC(C)NC(=O)C(C)N1CCC(=O)c2ccccc21. The molecule has 1 aliphatic rings. The van der Waals surface area contributed by atoms with Crippen LogP contribution in [0, 0.1) is 0 Å². The molecule has 1 aromatic rings. The third-order valence-corrected chi connectivity index (χ3v) is 4.05. The number of anilines is 1. The highest BCUT2D eigenvalue weighted by Crippen LogP contribution is 2.28. The molecule has 1 N–H and O–H groups in total. The second-order valence-corrected chi connectivity index (χ2v) is 5.76. The van der Waals surface area contributed by atoms with E-state index in [-0.39, 0.29) is 23.8 Å². The molecule has 0 spiro atoms. The molecule has 0 fully saturated rings. The van der Waals surface area contributed by atoms with E-state index in [0.29, 0.717) is 13.0 Å². The third kappa shape index (κ3) is 3.43. The molecule has 1 aliphatic heterocycles. The average molecular weight is 288 g/mol. The maximum absolute atomic E-state index is 12.4. The number of hydrogen-bond acceptors (Lipinski definition) is 3. The summed E-state index contributed by atoms with van der Waals surface area (Å²) in [4.78, 5) is 26.4. The number of fused-ring (bicyclic) bond motifs is 1. The van der Waals surface area contributed by atoms with Crippen LogP contribution in [0.3, 0.4) is 0 Å². The van der Waals surface area contributed by atoms with E-state index in [9.17, 15) is 9.59 Å². The molecular weight excluding hydrogens is 264 g/mol. The predicted molar refractivity (Wildman–Crippen MR) is 84.7 cm³/mol. The molecule has 0 aliphatic carbocycles. The summed E-state index contributed by atoms with van der Waals surface area (Å²) >= 11 is 0. The van der Waals surface area contributed by atoms with Crippen LogP contribution in [0.15, 0.2) is 24.3 Å². The third-order valence-electron chi connectivity index (χ3n) is 4.05. The number of hydrogen-bond donors (Lipinski definition) is 1. The zero-order valence-electron chi connectivity index (χ0n) is 13.1. The lowest BCUT2D eigenvalue weighted by atomic mass is 9.99. The Morgan fingerprint density at radius 2 is 2.05 bits per heavy atom. The molecular formula is C17H24N2O2. The summed E-state index contributed by atoms with van der Waals surface area (Å²) in [7, 11) is 0. The Balaban J connectivity index is 2.13. The second-order valence-electron chi connectivity index (χ2n) is 5.76. The summed E-state index contributed by atoms with van der Waals surface area (Å²) in [6.07, 6.45) is 2.50. The van der Waals surface area contributed by atoms with Crippen molar-refractivity contribution in [3.05, 3.63) is 29.8 Å². The molecule has 0 saturated heterocycles. The average Bonchev–Trinajstić information content (AvgIpc) is 2.47. The molecule has 114 valence electrons. The van der Waals surface area contributed by atoms with Crippen LogP contribution in [0.2, 0.25) is 0 Å². The van der Waals surface area contributed by atoms with Crippen LogP contribution in [0.5, 0.6) is 0 Å². The Hall–Kier alpha value is -1.84. The first kappa shape index (κ1) is 15.5. The molecule has 0 aromatic heterocycles. The van der Waals surface area contributed by atoms with Crippen LogP contribution in [0.1, 0.15) is 50.4 Å². The van der Waals surface area contributed by atoms with Gasteiger partial charge in [0.2, 0.25) is 5.91 Å². The van der Waals surface area contributed by atoms with Gasteiger partial charge < -0.3 is 10.2 Å². The van der Waals surface area contributed by atoms with Crippen LogP contribution in [0.4, 0.5) is 5.69 Å². The first-order valence-corrected chi connectivity index (χ1v) is 7.73. The lowest BCUT2D eigenvalue weighted by Crippen LogP contribution is -2.49. The van der Waals surface area contributed by atoms with E-state index in [1.165, 1.54) is 0 Å². The minimum atomic E-state index is -0.265. The maximum Gasteiger partial charge on any atom is 0.242 e. The normalized spacial score (nSPS) is 17.1. The van der Waals surface area contributed by atoms with Crippen molar-refractivity contribution in [3.8, 4) is 0 Å². The van der Waals surface area contributed by atoms with Gasteiger partial charge in [-0.2, -0.15) is 0 Å². The van der Waals surface area contributed by atoms with E-state index in [4.69, 9.17) is 0 Å². The molecule has 2 atom stereocenters. The van der Waals surface area contributed by atoms with E-state index in [1.807, 2.05) is 43.0 Å². The van der Waals surface area contributed by atoms with Gasteiger partial charge in [0, 0.05) is 30.3 Å². The Kier molecular flexibility index (Phi) is 4.99. The van der Waals surface area contributed by atoms with Gasteiger partial charge in [0.05, 0.1) is 0 Å².